The van der Waals surface area contributed by atoms with Crippen LogP contribution < -0.4 is 0 Å². The van der Waals surface area contributed by atoms with E-state index >= 15 is 0 Å². The van der Waals surface area contributed by atoms with Gasteiger partial charge >= 0.3 is 49.4 Å². The molecule has 0 spiro atoms. The Morgan fingerprint density at radius 3 is 1.29 bits per heavy atom. The maximum atomic E-state index is 5.05. The summed E-state index contributed by atoms with van der Waals surface area (Å²) < 4.78 is 10.1. The fraction of sp³-hybridized carbons (Fsp3) is 1.00. The molecule has 0 unspecified atom stereocenters. The third-order valence-electron chi connectivity index (χ3n) is 0.803. The Morgan fingerprint density at radius 2 is 1.29 bits per heavy atom. The van der Waals surface area contributed by atoms with Gasteiger partial charge in [0.2, 0.25) is 0 Å². The molecule has 0 amide bonds. The van der Waals surface area contributed by atoms with Crippen molar-refractivity contribution in [3.8, 4) is 0 Å². The van der Waals surface area contributed by atoms with Gasteiger partial charge in [0.1, 0.15) is 0 Å². The van der Waals surface area contributed by atoms with Gasteiger partial charge in [0.05, 0.1) is 0 Å². The summed E-state index contributed by atoms with van der Waals surface area (Å²) in [5.41, 5.74) is 0. The van der Waals surface area contributed by atoms with E-state index in [9.17, 15) is 0 Å². The van der Waals surface area contributed by atoms with E-state index < -0.39 is 19.0 Å². The SMILES string of the molecule is CO[Te](C)(C)OC. The second-order valence-corrected chi connectivity index (χ2v) is 9.90. The second kappa shape index (κ2) is 2.88. The van der Waals surface area contributed by atoms with Crippen molar-refractivity contribution < 1.29 is 6.20 Å². The first-order chi connectivity index (χ1) is 3.12. The monoisotopic (exact) mass is 222 g/mol. The molecular weight excluding hydrogens is 208 g/mol. The van der Waals surface area contributed by atoms with Gasteiger partial charge in [0.25, 0.3) is 0 Å². The minimum atomic E-state index is -2.11. The molecule has 0 saturated carbocycles. The first-order valence-electron chi connectivity index (χ1n) is 1.97. The molecule has 0 N–H and O–H groups in total. The van der Waals surface area contributed by atoms with Crippen molar-refractivity contribution >= 4 is 19.0 Å². The van der Waals surface area contributed by atoms with Gasteiger partial charge in [-0.05, 0) is 0 Å². The third kappa shape index (κ3) is 3.31. The summed E-state index contributed by atoms with van der Waals surface area (Å²) in [4.78, 5) is 4.09. The summed E-state index contributed by atoms with van der Waals surface area (Å²) in [6, 6.07) is 0. The summed E-state index contributed by atoms with van der Waals surface area (Å²) in [5.74, 6) is 0. The van der Waals surface area contributed by atoms with Crippen LogP contribution in [0, 0.1) is 0 Å². The van der Waals surface area contributed by atoms with Crippen molar-refractivity contribution in [1.82, 2.24) is 0 Å². The van der Waals surface area contributed by atoms with Crippen LogP contribution >= 0.6 is 0 Å². The fourth-order valence-corrected chi connectivity index (χ4v) is 0.456. The van der Waals surface area contributed by atoms with E-state index in [0.717, 1.165) is 0 Å². The normalized spacial score (nSPS) is 14.3. The quantitative estimate of drug-likeness (QED) is 0.645. The van der Waals surface area contributed by atoms with Crippen LogP contribution in [0.1, 0.15) is 0 Å². The number of hydrogen-bond acceptors (Lipinski definition) is 2. The number of hydrogen-bond donors (Lipinski definition) is 0. The van der Waals surface area contributed by atoms with Gasteiger partial charge in [0.15, 0.2) is 0 Å². The molecule has 0 aliphatic carbocycles. The molecular formula is C4H12O2Te. The van der Waals surface area contributed by atoms with Crippen LogP contribution in [0.5, 0.6) is 0 Å². The Morgan fingerprint density at radius 1 is 1.00 bits per heavy atom. The Labute approximate surface area is 49.7 Å². The molecule has 0 radical (unpaired) electrons. The molecule has 0 atom stereocenters. The molecule has 0 rings (SSSR count). The average molecular weight is 220 g/mol. The molecule has 0 saturated heterocycles. The molecule has 0 bridgehead atoms. The molecule has 0 aromatic rings. The van der Waals surface area contributed by atoms with Crippen LogP contribution in [-0.2, 0) is 6.20 Å². The maximum absolute atomic E-state index is 5.05. The fourth-order valence-electron chi connectivity index (χ4n) is 0.0680. The van der Waals surface area contributed by atoms with E-state index in [2.05, 4.69) is 0 Å². The van der Waals surface area contributed by atoms with E-state index in [1.807, 2.05) is 9.94 Å². The summed E-state index contributed by atoms with van der Waals surface area (Å²) in [6.45, 7) is 0. The van der Waals surface area contributed by atoms with E-state index in [-0.39, 0.29) is 0 Å². The van der Waals surface area contributed by atoms with Gasteiger partial charge in [-0.3, -0.25) is 0 Å². The summed E-state index contributed by atoms with van der Waals surface area (Å²) in [6.07, 6.45) is 0. The topological polar surface area (TPSA) is 18.5 Å². The zero-order valence-corrected chi connectivity index (χ0v) is 7.56. The molecule has 0 aromatic carbocycles. The standard InChI is InChI=1S/C4H12O2Te/c1-5-7(3,4)6-2/h1-4H3. The number of rotatable bonds is 2. The third-order valence-corrected chi connectivity index (χ3v) is 5.39. The summed E-state index contributed by atoms with van der Waals surface area (Å²) in [5, 5.41) is 0. The second-order valence-electron chi connectivity index (χ2n) is 1.48. The molecule has 0 heterocycles. The van der Waals surface area contributed by atoms with Crippen molar-refractivity contribution in [2.75, 3.05) is 14.2 Å². The van der Waals surface area contributed by atoms with Crippen molar-refractivity contribution in [2.45, 2.75) is 9.94 Å². The van der Waals surface area contributed by atoms with Crippen LogP contribution in [0.15, 0.2) is 0 Å². The Hall–Kier alpha value is 0.710. The van der Waals surface area contributed by atoms with Crippen LogP contribution in [0.25, 0.3) is 0 Å². The van der Waals surface area contributed by atoms with Gasteiger partial charge in [-0.25, -0.2) is 0 Å². The Bertz CT molecular complexity index is 47.7. The van der Waals surface area contributed by atoms with Crippen molar-refractivity contribution in [1.29, 1.82) is 0 Å². The minimum absolute atomic E-state index is 1.70. The van der Waals surface area contributed by atoms with Crippen molar-refractivity contribution in [2.24, 2.45) is 0 Å². The van der Waals surface area contributed by atoms with Gasteiger partial charge in [-0.1, -0.05) is 0 Å². The Balaban J connectivity index is 3.36. The van der Waals surface area contributed by atoms with Gasteiger partial charge < -0.3 is 0 Å². The van der Waals surface area contributed by atoms with E-state index in [0.29, 0.717) is 0 Å². The van der Waals surface area contributed by atoms with Gasteiger partial charge in [-0.15, -0.1) is 0 Å². The van der Waals surface area contributed by atoms with Crippen molar-refractivity contribution in [3.63, 3.8) is 0 Å². The summed E-state index contributed by atoms with van der Waals surface area (Å²) >= 11 is -2.11. The average Bonchev–Trinajstić information content (AvgIpc) is 1.68. The first-order valence-corrected chi connectivity index (χ1v) is 8.53. The molecule has 0 aliphatic heterocycles. The van der Waals surface area contributed by atoms with Gasteiger partial charge in [-0.2, -0.15) is 0 Å². The van der Waals surface area contributed by atoms with Crippen LogP contribution in [0.3, 0.4) is 0 Å². The molecule has 0 aromatic heterocycles. The molecule has 0 aliphatic rings. The van der Waals surface area contributed by atoms with Crippen LogP contribution in [-0.4, -0.2) is 33.2 Å². The first kappa shape index (κ1) is 7.71. The molecule has 46 valence electrons. The van der Waals surface area contributed by atoms with Crippen molar-refractivity contribution in [3.05, 3.63) is 0 Å². The van der Waals surface area contributed by atoms with E-state index in [4.69, 9.17) is 6.20 Å². The molecule has 7 heavy (non-hydrogen) atoms. The zero-order chi connectivity index (χ0) is 5.91. The summed E-state index contributed by atoms with van der Waals surface area (Å²) in [7, 11) is 3.40. The predicted octanol–water partition coefficient (Wildman–Crippen LogP) is 0.981. The Kier molecular flexibility index (Phi) is 3.18. The molecule has 0 fully saturated rings. The molecule has 2 nitrogen and oxygen atoms in total. The predicted molar refractivity (Wildman–Crippen MR) is 31.5 cm³/mol. The van der Waals surface area contributed by atoms with Crippen LogP contribution in [0.4, 0.5) is 0 Å². The van der Waals surface area contributed by atoms with E-state index in [1.54, 1.807) is 14.2 Å². The van der Waals surface area contributed by atoms with Crippen LogP contribution in [0.2, 0.25) is 9.94 Å². The zero-order valence-electron chi connectivity index (χ0n) is 5.22. The van der Waals surface area contributed by atoms with Gasteiger partial charge in [0, 0.05) is 0 Å². The van der Waals surface area contributed by atoms with E-state index in [1.165, 1.54) is 0 Å². The molecule has 3 heteroatoms.